The van der Waals surface area contributed by atoms with Crippen LogP contribution in [0.25, 0.3) is 0 Å². The first-order valence-corrected chi connectivity index (χ1v) is 4.87. The van der Waals surface area contributed by atoms with E-state index in [-0.39, 0.29) is 20.4 Å². The summed E-state index contributed by atoms with van der Waals surface area (Å²) in [5.74, 6) is 0. The average Bonchev–Trinajstić information content (AvgIpc) is 1.85. The maximum absolute atomic E-state index is 8.74. The third-order valence-corrected chi connectivity index (χ3v) is 1.18. The second-order valence-corrected chi connectivity index (χ2v) is 3.42. The zero-order valence-corrected chi connectivity index (χ0v) is 9.93. The summed E-state index contributed by atoms with van der Waals surface area (Å²) in [4.78, 5) is 0. The van der Waals surface area contributed by atoms with E-state index in [1.165, 1.54) is 5.30 Å². The molecule has 0 amide bonds. The van der Waals surface area contributed by atoms with Gasteiger partial charge in [0.2, 0.25) is 0 Å². The molecule has 0 bridgehead atoms. The molecule has 0 radical (unpaired) electrons. The van der Waals surface area contributed by atoms with Crippen LogP contribution in [0.3, 0.4) is 0 Å². The van der Waals surface area contributed by atoms with Gasteiger partial charge >= 0.3 is 10.4 Å². The number of hydrogen-bond donors (Lipinski definition) is 2. The molecule has 7 heteroatoms. The van der Waals surface area contributed by atoms with Gasteiger partial charge in [-0.3, -0.25) is 9.11 Å². The van der Waals surface area contributed by atoms with E-state index in [0.29, 0.717) is 0 Å². The van der Waals surface area contributed by atoms with E-state index in [4.69, 9.17) is 17.5 Å². The summed E-state index contributed by atoms with van der Waals surface area (Å²) in [5, 5.41) is 1.24. The Morgan fingerprint density at radius 1 is 1.08 bits per heavy atom. The van der Waals surface area contributed by atoms with Crippen LogP contribution in [0, 0.1) is 0 Å². The molecular formula is C6H9O4PPdS. The van der Waals surface area contributed by atoms with E-state index in [1.807, 2.05) is 30.3 Å². The zero-order valence-electron chi connectivity index (χ0n) is 6.40. The van der Waals surface area contributed by atoms with Gasteiger partial charge in [-0.15, -0.1) is 9.24 Å². The van der Waals surface area contributed by atoms with E-state index >= 15 is 0 Å². The predicted octanol–water partition coefficient (Wildman–Crippen LogP) is 0.532. The molecule has 1 aromatic carbocycles. The van der Waals surface area contributed by atoms with Crippen molar-refractivity contribution in [3.63, 3.8) is 0 Å². The fourth-order valence-electron chi connectivity index (χ4n) is 0.453. The van der Waals surface area contributed by atoms with Gasteiger partial charge in [-0.25, -0.2) is 0 Å². The van der Waals surface area contributed by atoms with Crippen molar-refractivity contribution in [2.75, 3.05) is 0 Å². The van der Waals surface area contributed by atoms with E-state index in [1.54, 1.807) is 0 Å². The number of rotatable bonds is 0. The molecule has 0 saturated carbocycles. The predicted molar refractivity (Wildman–Crippen MR) is 50.0 cm³/mol. The Morgan fingerprint density at radius 3 is 1.54 bits per heavy atom. The number of hydrogen-bond acceptors (Lipinski definition) is 2. The SMILES string of the molecule is O=S(=O)(O)O.Pc1ccccc1.[Pd]. The van der Waals surface area contributed by atoms with Crippen LogP contribution in [0.4, 0.5) is 0 Å². The molecule has 0 aliphatic carbocycles. The van der Waals surface area contributed by atoms with Crippen LogP contribution in [0.1, 0.15) is 0 Å². The van der Waals surface area contributed by atoms with Crippen LogP contribution in [0.2, 0.25) is 0 Å². The van der Waals surface area contributed by atoms with Crippen molar-refractivity contribution in [2.24, 2.45) is 0 Å². The van der Waals surface area contributed by atoms with Crippen molar-refractivity contribution < 1.29 is 37.9 Å². The maximum atomic E-state index is 8.74. The first kappa shape index (κ1) is 15.6. The van der Waals surface area contributed by atoms with Crippen molar-refractivity contribution in [3.8, 4) is 0 Å². The van der Waals surface area contributed by atoms with Crippen molar-refractivity contribution in [1.82, 2.24) is 0 Å². The summed E-state index contributed by atoms with van der Waals surface area (Å²) >= 11 is 0. The van der Waals surface area contributed by atoms with Crippen LogP contribution in [-0.2, 0) is 30.8 Å². The van der Waals surface area contributed by atoms with Gasteiger partial charge < -0.3 is 0 Å². The molecule has 0 aliphatic rings. The van der Waals surface area contributed by atoms with Crippen LogP contribution in [0.5, 0.6) is 0 Å². The van der Waals surface area contributed by atoms with Gasteiger partial charge in [0.05, 0.1) is 0 Å². The van der Waals surface area contributed by atoms with Crippen LogP contribution in [-0.4, -0.2) is 17.5 Å². The molecule has 0 fully saturated rings. The largest absolute Gasteiger partial charge is 0.394 e. The van der Waals surface area contributed by atoms with Gasteiger partial charge in [0.25, 0.3) is 0 Å². The molecular weight excluding hydrogens is 306 g/mol. The number of benzene rings is 1. The molecule has 0 saturated heterocycles. The van der Waals surface area contributed by atoms with Gasteiger partial charge in [-0.05, 0) is 5.30 Å². The van der Waals surface area contributed by atoms with Gasteiger partial charge in [-0.1, -0.05) is 30.3 Å². The summed E-state index contributed by atoms with van der Waals surface area (Å²) in [7, 11) is -2.04. The summed E-state index contributed by atoms with van der Waals surface area (Å²) in [6, 6.07) is 10.1. The molecule has 1 rings (SSSR count). The molecule has 1 unspecified atom stereocenters. The second-order valence-electron chi connectivity index (χ2n) is 1.86. The smallest absolute Gasteiger partial charge is 0.264 e. The van der Waals surface area contributed by atoms with Crippen molar-refractivity contribution in [1.29, 1.82) is 0 Å². The normalized spacial score (nSPS) is 9.15. The molecule has 13 heavy (non-hydrogen) atoms. The van der Waals surface area contributed by atoms with E-state index < -0.39 is 10.4 Å². The quantitative estimate of drug-likeness (QED) is 0.416. The molecule has 0 aliphatic heterocycles. The van der Waals surface area contributed by atoms with E-state index in [2.05, 4.69) is 9.24 Å². The molecule has 0 aromatic heterocycles. The molecule has 78 valence electrons. The summed E-state index contributed by atoms with van der Waals surface area (Å²) < 4.78 is 31.6. The summed E-state index contributed by atoms with van der Waals surface area (Å²) in [6.07, 6.45) is 0. The Hall–Kier alpha value is 0.182. The average molecular weight is 315 g/mol. The first-order chi connectivity index (χ1) is 5.39. The Labute approximate surface area is 93.2 Å². The summed E-state index contributed by atoms with van der Waals surface area (Å²) in [5.41, 5.74) is 0. The third-order valence-electron chi connectivity index (χ3n) is 0.800. The van der Waals surface area contributed by atoms with E-state index in [9.17, 15) is 0 Å². The zero-order chi connectivity index (χ0) is 9.61. The fourth-order valence-corrected chi connectivity index (χ4v) is 0.675. The fraction of sp³-hybridized carbons (Fsp3) is 0. The maximum Gasteiger partial charge on any atom is 0.394 e. The van der Waals surface area contributed by atoms with Crippen molar-refractivity contribution in [3.05, 3.63) is 30.3 Å². The first-order valence-electron chi connectivity index (χ1n) is 2.90. The van der Waals surface area contributed by atoms with Crippen molar-refractivity contribution >= 4 is 24.9 Å². The summed E-state index contributed by atoms with van der Waals surface area (Å²) in [6.45, 7) is 0. The van der Waals surface area contributed by atoms with Gasteiger partial charge in [0.1, 0.15) is 0 Å². The third kappa shape index (κ3) is 18.9. The van der Waals surface area contributed by atoms with Crippen LogP contribution >= 0.6 is 9.24 Å². The Balaban J connectivity index is 0. The van der Waals surface area contributed by atoms with Gasteiger partial charge in [0.15, 0.2) is 0 Å². The topological polar surface area (TPSA) is 74.6 Å². The molecule has 2 N–H and O–H groups in total. The van der Waals surface area contributed by atoms with Gasteiger partial charge in [0, 0.05) is 20.4 Å². The Morgan fingerprint density at radius 2 is 1.38 bits per heavy atom. The van der Waals surface area contributed by atoms with Gasteiger partial charge in [-0.2, -0.15) is 8.42 Å². The minimum absolute atomic E-state index is 0. The monoisotopic (exact) mass is 314 g/mol. The van der Waals surface area contributed by atoms with Crippen LogP contribution < -0.4 is 5.30 Å². The Bertz CT molecular complexity index is 305. The molecule has 4 nitrogen and oxygen atoms in total. The minimum atomic E-state index is -4.67. The minimum Gasteiger partial charge on any atom is -0.264 e. The van der Waals surface area contributed by atoms with E-state index in [0.717, 1.165) is 0 Å². The second kappa shape index (κ2) is 7.57. The Kier molecular flexibility index (Phi) is 9.11. The van der Waals surface area contributed by atoms with Crippen LogP contribution in [0.15, 0.2) is 30.3 Å². The molecule has 1 aromatic rings. The molecule has 0 heterocycles. The standard InChI is InChI=1S/C6H7P.H2O4S.Pd/c7-6-4-2-1-3-5-6;1-5(2,3)4;/h1-5H,7H2;(H2,1,2,3,4);. The van der Waals surface area contributed by atoms with Crippen molar-refractivity contribution in [2.45, 2.75) is 0 Å². The molecule has 0 spiro atoms. The molecule has 1 atom stereocenters.